The van der Waals surface area contributed by atoms with Gasteiger partial charge in [0.25, 0.3) is 5.91 Å². The molecule has 8 heteroatoms. The van der Waals surface area contributed by atoms with Gasteiger partial charge in [-0.05, 0) is 12.1 Å². The van der Waals surface area contributed by atoms with Crippen LogP contribution >= 0.6 is 0 Å². The minimum Gasteiger partial charge on any atom is -0.496 e. The van der Waals surface area contributed by atoms with Crippen LogP contribution < -0.4 is 10.5 Å². The highest BCUT2D eigenvalue weighted by molar-refractivity contribution is 5.97. The number of nitrogens with two attached hydrogens (primary N) is 1. The molecule has 1 heterocycles. The second-order valence-electron chi connectivity index (χ2n) is 5.07. The molecule has 5 nitrogen and oxygen atoms in total. The molecule has 120 valence electrons. The van der Waals surface area contributed by atoms with Gasteiger partial charge in [-0.2, -0.15) is 13.2 Å². The number of para-hydroxylation sites is 1. The summed E-state index contributed by atoms with van der Waals surface area (Å²) in [5.41, 5.74) is 5.19. The third-order valence-corrected chi connectivity index (χ3v) is 3.73. The number of hydrogen-bond acceptors (Lipinski definition) is 3. The van der Waals surface area contributed by atoms with E-state index in [-0.39, 0.29) is 17.9 Å². The molecule has 2 amide bonds. The number of rotatable bonds is 3. The monoisotopic (exact) mass is 316 g/mol. The van der Waals surface area contributed by atoms with E-state index < -0.39 is 36.4 Å². The van der Waals surface area contributed by atoms with Crippen LogP contribution in [-0.2, 0) is 4.79 Å². The van der Waals surface area contributed by atoms with Gasteiger partial charge in [0, 0.05) is 13.1 Å². The number of alkyl halides is 3. The Labute approximate surface area is 124 Å². The van der Waals surface area contributed by atoms with Gasteiger partial charge in [-0.25, -0.2) is 0 Å². The maximum absolute atomic E-state index is 13.0. The molecule has 2 rings (SSSR count). The Balaban J connectivity index is 2.27. The van der Waals surface area contributed by atoms with Crippen LogP contribution in [0, 0.1) is 11.8 Å². The van der Waals surface area contributed by atoms with Crippen LogP contribution in [0.25, 0.3) is 0 Å². The number of likely N-dealkylation sites (tertiary alicyclic amines) is 1. The molecule has 0 spiro atoms. The molecule has 2 N–H and O–H groups in total. The highest BCUT2D eigenvalue weighted by Crippen LogP contribution is 2.38. The zero-order valence-electron chi connectivity index (χ0n) is 11.8. The second-order valence-corrected chi connectivity index (χ2v) is 5.07. The van der Waals surface area contributed by atoms with Gasteiger partial charge in [-0.1, -0.05) is 12.1 Å². The lowest BCUT2D eigenvalue weighted by atomic mass is 9.95. The normalized spacial score (nSPS) is 21.7. The summed E-state index contributed by atoms with van der Waals surface area (Å²) in [5, 5.41) is 0. The summed E-state index contributed by atoms with van der Waals surface area (Å²) < 4.78 is 44.0. The number of amides is 2. The van der Waals surface area contributed by atoms with Crippen LogP contribution in [0.1, 0.15) is 10.4 Å². The van der Waals surface area contributed by atoms with Crippen molar-refractivity contribution < 1.29 is 27.5 Å². The molecule has 1 saturated heterocycles. The lowest BCUT2D eigenvalue weighted by Gasteiger charge is -2.19. The summed E-state index contributed by atoms with van der Waals surface area (Å²) in [6, 6.07) is 6.22. The third-order valence-electron chi connectivity index (χ3n) is 3.73. The predicted molar refractivity (Wildman–Crippen MR) is 71.1 cm³/mol. The van der Waals surface area contributed by atoms with Crippen LogP contribution in [0.4, 0.5) is 13.2 Å². The number of carbonyl (C=O) groups excluding carboxylic acids is 2. The summed E-state index contributed by atoms with van der Waals surface area (Å²) in [6.45, 7) is -0.940. The molecule has 1 fully saturated rings. The highest BCUT2D eigenvalue weighted by atomic mass is 19.4. The molecule has 0 radical (unpaired) electrons. The van der Waals surface area contributed by atoms with Gasteiger partial charge in [0.15, 0.2) is 0 Å². The molecule has 0 saturated carbocycles. The summed E-state index contributed by atoms with van der Waals surface area (Å²) in [4.78, 5) is 24.6. The van der Waals surface area contributed by atoms with Crippen LogP contribution in [0.2, 0.25) is 0 Å². The van der Waals surface area contributed by atoms with E-state index in [1.165, 1.54) is 19.2 Å². The Bertz CT molecular complexity index is 589. The van der Waals surface area contributed by atoms with Crippen LogP contribution in [0.5, 0.6) is 5.75 Å². The molecule has 1 aliphatic rings. The summed E-state index contributed by atoms with van der Waals surface area (Å²) in [7, 11) is 1.36. The van der Waals surface area contributed by atoms with Crippen LogP contribution in [-0.4, -0.2) is 43.1 Å². The van der Waals surface area contributed by atoms with Crippen molar-refractivity contribution in [1.82, 2.24) is 4.90 Å². The number of hydrogen-bond donors (Lipinski definition) is 1. The molecule has 0 bridgehead atoms. The van der Waals surface area contributed by atoms with Crippen LogP contribution in [0.3, 0.4) is 0 Å². The molecule has 0 unspecified atom stereocenters. The molecule has 22 heavy (non-hydrogen) atoms. The van der Waals surface area contributed by atoms with Gasteiger partial charge in [0.05, 0.1) is 24.5 Å². The zero-order valence-corrected chi connectivity index (χ0v) is 11.8. The van der Waals surface area contributed by atoms with Gasteiger partial charge < -0.3 is 15.4 Å². The number of ether oxygens (including phenoxy) is 1. The fourth-order valence-electron chi connectivity index (χ4n) is 2.58. The molecule has 1 aliphatic heterocycles. The van der Waals surface area contributed by atoms with Crippen LogP contribution in [0.15, 0.2) is 24.3 Å². The Kier molecular flexibility index (Phi) is 4.30. The molecular weight excluding hydrogens is 301 g/mol. The summed E-state index contributed by atoms with van der Waals surface area (Å²) in [5.74, 6) is -4.78. The number of methoxy groups -OCH3 is 1. The van der Waals surface area contributed by atoms with Gasteiger partial charge >= 0.3 is 6.18 Å². The van der Waals surface area contributed by atoms with Gasteiger partial charge in [0.2, 0.25) is 5.91 Å². The quantitative estimate of drug-likeness (QED) is 0.917. The summed E-state index contributed by atoms with van der Waals surface area (Å²) >= 11 is 0. The first-order valence-corrected chi connectivity index (χ1v) is 6.54. The van der Waals surface area contributed by atoms with Crippen molar-refractivity contribution in [2.75, 3.05) is 20.2 Å². The van der Waals surface area contributed by atoms with E-state index in [0.29, 0.717) is 0 Å². The van der Waals surface area contributed by atoms with E-state index in [0.717, 1.165) is 4.90 Å². The average molecular weight is 316 g/mol. The molecule has 1 aromatic carbocycles. The minimum atomic E-state index is -4.59. The van der Waals surface area contributed by atoms with Crippen molar-refractivity contribution >= 4 is 11.8 Å². The molecule has 0 aliphatic carbocycles. The number of primary amides is 1. The summed E-state index contributed by atoms with van der Waals surface area (Å²) in [6.07, 6.45) is -4.59. The van der Waals surface area contributed by atoms with Crippen molar-refractivity contribution in [3.8, 4) is 5.75 Å². The van der Waals surface area contributed by atoms with E-state index in [1.54, 1.807) is 12.1 Å². The topological polar surface area (TPSA) is 72.6 Å². The smallest absolute Gasteiger partial charge is 0.394 e. The van der Waals surface area contributed by atoms with E-state index in [1.807, 2.05) is 0 Å². The molecule has 0 aromatic heterocycles. The Morgan fingerprint density at radius 3 is 2.41 bits per heavy atom. The molecule has 2 atom stereocenters. The highest BCUT2D eigenvalue weighted by Gasteiger charge is 2.52. The first-order chi connectivity index (χ1) is 10.3. The minimum absolute atomic E-state index is 0.149. The maximum atomic E-state index is 13.0. The SMILES string of the molecule is COc1ccccc1C(=O)N1C[C@@H](C(F)(F)F)[C@H](C(N)=O)C1. The number of halogens is 3. The number of carbonyl (C=O) groups is 2. The van der Waals surface area contributed by atoms with Gasteiger partial charge in [-0.3, -0.25) is 9.59 Å². The first-order valence-electron chi connectivity index (χ1n) is 6.54. The van der Waals surface area contributed by atoms with Crippen molar-refractivity contribution in [3.05, 3.63) is 29.8 Å². The first kappa shape index (κ1) is 16.1. The van der Waals surface area contributed by atoms with Crippen molar-refractivity contribution in [2.45, 2.75) is 6.18 Å². The van der Waals surface area contributed by atoms with E-state index in [9.17, 15) is 22.8 Å². The molecular formula is C14H15F3N2O3. The lowest BCUT2D eigenvalue weighted by Crippen LogP contribution is -2.37. The Morgan fingerprint density at radius 1 is 1.27 bits per heavy atom. The van der Waals surface area contributed by atoms with Crippen molar-refractivity contribution in [1.29, 1.82) is 0 Å². The number of nitrogens with zero attached hydrogens (tertiary/aromatic N) is 1. The van der Waals surface area contributed by atoms with Gasteiger partial charge in [0.1, 0.15) is 5.75 Å². The third kappa shape index (κ3) is 3.00. The van der Waals surface area contributed by atoms with Crippen molar-refractivity contribution in [2.24, 2.45) is 17.6 Å². The molecule has 1 aromatic rings. The Hall–Kier alpha value is -2.25. The Morgan fingerprint density at radius 2 is 1.91 bits per heavy atom. The van der Waals surface area contributed by atoms with Gasteiger partial charge in [-0.15, -0.1) is 0 Å². The fraction of sp³-hybridized carbons (Fsp3) is 0.429. The van der Waals surface area contributed by atoms with E-state index in [2.05, 4.69) is 0 Å². The zero-order chi connectivity index (χ0) is 16.5. The van der Waals surface area contributed by atoms with E-state index in [4.69, 9.17) is 10.5 Å². The standard InChI is InChI=1S/C14H15F3N2O3/c1-22-11-5-3-2-4-8(11)13(21)19-6-9(12(18)20)10(7-19)14(15,16)17/h2-5,9-10H,6-7H2,1H3,(H2,18,20)/t9-,10-/m1/s1. The van der Waals surface area contributed by atoms with E-state index >= 15 is 0 Å². The average Bonchev–Trinajstić information content (AvgIpc) is 2.92. The lowest BCUT2D eigenvalue weighted by molar-refractivity contribution is -0.182. The van der Waals surface area contributed by atoms with Crippen molar-refractivity contribution in [3.63, 3.8) is 0 Å². The maximum Gasteiger partial charge on any atom is 0.394 e. The fourth-order valence-corrected chi connectivity index (χ4v) is 2.58. The number of benzene rings is 1. The largest absolute Gasteiger partial charge is 0.496 e. The predicted octanol–water partition coefficient (Wildman–Crippen LogP) is 1.43. The second kappa shape index (κ2) is 5.86.